The highest BCUT2D eigenvalue weighted by molar-refractivity contribution is 5.79. The molecular formula is C16H29N5. The lowest BCUT2D eigenvalue weighted by Crippen LogP contribution is -2.44. The Labute approximate surface area is 128 Å². The van der Waals surface area contributed by atoms with Crippen molar-refractivity contribution < 1.29 is 0 Å². The number of aryl methyl sites for hydroxylation is 3. The zero-order valence-electron chi connectivity index (χ0n) is 13.7. The first-order valence-electron chi connectivity index (χ1n) is 8.17. The van der Waals surface area contributed by atoms with Gasteiger partial charge in [-0.2, -0.15) is 5.10 Å². The molecule has 1 aromatic rings. The second-order valence-electron chi connectivity index (χ2n) is 5.98. The molecule has 118 valence electrons. The molecule has 1 saturated carbocycles. The van der Waals surface area contributed by atoms with Gasteiger partial charge in [-0.3, -0.25) is 9.67 Å². The molecule has 2 rings (SSSR count). The van der Waals surface area contributed by atoms with E-state index < -0.39 is 0 Å². The number of hydrogen-bond acceptors (Lipinski definition) is 2. The van der Waals surface area contributed by atoms with E-state index >= 15 is 0 Å². The van der Waals surface area contributed by atoms with E-state index in [2.05, 4.69) is 38.4 Å². The van der Waals surface area contributed by atoms with Crippen LogP contribution in [0.15, 0.2) is 11.1 Å². The van der Waals surface area contributed by atoms with Gasteiger partial charge < -0.3 is 10.6 Å². The maximum atomic E-state index is 4.48. The highest BCUT2D eigenvalue weighted by Crippen LogP contribution is 2.17. The largest absolute Gasteiger partial charge is 0.356 e. The van der Waals surface area contributed by atoms with Gasteiger partial charge in [0.15, 0.2) is 5.96 Å². The van der Waals surface area contributed by atoms with Crippen LogP contribution in [-0.2, 0) is 6.54 Å². The highest BCUT2D eigenvalue weighted by atomic mass is 15.3. The first-order chi connectivity index (χ1) is 10.2. The van der Waals surface area contributed by atoms with Gasteiger partial charge in [0.05, 0.1) is 5.69 Å². The molecule has 5 nitrogen and oxygen atoms in total. The van der Waals surface area contributed by atoms with Crippen molar-refractivity contribution in [2.45, 2.75) is 65.0 Å². The summed E-state index contributed by atoms with van der Waals surface area (Å²) in [5.41, 5.74) is 2.33. The molecule has 0 atom stereocenters. The fraction of sp³-hybridized carbons (Fsp3) is 0.750. The summed E-state index contributed by atoms with van der Waals surface area (Å²) in [7, 11) is 1.85. The maximum Gasteiger partial charge on any atom is 0.191 e. The van der Waals surface area contributed by atoms with Gasteiger partial charge in [-0.05, 0) is 39.2 Å². The summed E-state index contributed by atoms with van der Waals surface area (Å²) in [6.45, 7) is 6.02. The van der Waals surface area contributed by atoms with Crippen LogP contribution >= 0.6 is 0 Å². The van der Waals surface area contributed by atoms with Crippen LogP contribution in [0.3, 0.4) is 0 Å². The second kappa shape index (κ2) is 8.05. The van der Waals surface area contributed by atoms with Crippen molar-refractivity contribution in [2.24, 2.45) is 4.99 Å². The van der Waals surface area contributed by atoms with Crippen LogP contribution in [0, 0.1) is 13.8 Å². The third-order valence-electron chi connectivity index (χ3n) is 4.11. The van der Waals surface area contributed by atoms with Gasteiger partial charge in [0.25, 0.3) is 0 Å². The first kappa shape index (κ1) is 15.9. The zero-order valence-corrected chi connectivity index (χ0v) is 13.7. The van der Waals surface area contributed by atoms with Crippen LogP contribution in [0.1, 0.15) is 49.9 Å². The second-order valence-corrected chi connectivity index (χ2v) is 5.98. The first-order valence-corrected chi connectivity index (χ1v) is 8.17. The van der Waals surface area contributed by atoms with Crippen LogP contribution in [0.2, 0.25) is 0 Å². The van der Waals surface area contributed by atoms with E-state index in [1.807, 2.05) is 14.0 Å². The zero-order chi connectivity index (χ0) is 15.1. The average molecular weight is 291 g/mol. The smallest absolute Gasteiger partial charge is 0.191 e. The normalized spacial score (nSPS) is 17.0. The Kier molecular flexibility index (Phi) is 6.08. The van der Waals surface area contributed by atoms with Gasteiger partial charge in [0.2, 0.25) is 0 Å². The van der Waals surface area contributed by atoms with E-state index in [-0.39, 0.29) is 0 Å². The molecule has 1 aromatic heterocycles. The molecule has 1 fully saturated rings. The van der Waals surface area contributed by atoms with Crippen LogP contribution in [0.5, 0.6) is 0 Å². The Morgan fingerprint density at radius 3 is 2.71 bits per heavy atom. The highest BCUT2D eigenvalue weighted by Gasteiger charge is 2.14. The lowest BCUT2D eigenvalue weighted by molar-refractivity contribution is 0.409. The van der Waals surface area contributed by atoms with Crippen molar-refractivity contribution in [3.05, 3.63) is 17.5 Å². The monoisotopic (exact) mass is 291 g/mol. The number of aromatic nitrogens is 2. The van der Waals surface area contributed by atoms with Crippen molar-refractivity contribution in [3.8, 4) is 0 Å². The molecular weight excluding hydrogens is 262 g/mol. The molecule has 0 aromatic carbocycles. The fourth-order valence-corrected chi connectivity index (χ4v) is 2.97. The third kappa shape index (κ3) is 5.06. The lowest BCUT2D eigenvalue weighted by Gasteiger charge is -2.24. The molecule has 0 saturated heterocycles. The maximum absolute atomic E-state index is 4.48. The summed E-state index contributed by atoms with van der Waals surface area (Å²) in [6.07, 6.45) is 7.65. The molecule has 0 unspecified atom stereocenters. The lowest BCUT2D eigenvalue weighted by atomic mass is 9.96. The molecule has 0 bridgehead atoms. The van der Waals surface area contributed by atoms with E-state index in [0.717, 1.165) is 31.2 Å². The minimum absolute atomic E-state index is 0.598. The van der Waals surface area contributed by atoms with Crippen molar-refractivity contribution in [1.82, 2.24) is 20.4 Å². The molecule has 1 heterocycles. The predicted octanol–water partition coefficient (Wildman–Crippen LogP) is 2.39. The topological polar surface area (TPSA) is 54.2 Å². The summed E-state index contributed by atoms with van der Waals surface area (Å²) in [5.74, 6) is 0.940. The van der Waals surface area contributed by atoms with E-state index in [1.165, 1.54) is 37.8 Å². The van der Waals surface area contributed by atoms with Crippen molar-refractivity contribution >= 4 is 5.96 Å². The van der Waals surface area contributed by atoms with Crippen molar-refractivity contribution in [3.63, 3.8) is 0 Å². The number of nitrogens with one attached hydrogen (secondary N) is 2. The fourth-order valence-electron chi connectivity index (χ4n) is 2.97. The standard InChI is InChI=1S/C16H29N5/c1-13-12-14(2)21(20-13)11-7-10-18-16(17-3)19-15-8-5-4-6-9-15/h12,15H,4-11H2,1-3H3,(H2,17,18,19). The van der Waals surface area contributed by atoms with Crippen LogP contribution in [-0.4, -0.2) is 35.4 Å². The van der Waals surface area contributed by atoms with E-state index in [9.17, 15) is 0 Å². The van der Waals surface area contributed by atoms with Gasteiger partial charge in [-0.25, -0.2) is 0 Å². The quantitative estimate of drug-likeness (QED) is 0.497. The molecule has 5 heteroatoms. The Hall–Kier alpha value is -1.52. The van der Waals surface area contributed by atoms with Crippen molar-refractivity contribution in [2.75, 3.05) is 13.6 Å². The van der Waals surface area contributed by atoms with Gasteiger partial charge in [-0.1, -0.05) is 19.3 Å². The summed E-state index contributed by atoms with van der Waals surface area (Å²) < 4.78 is 2.08. The summed E-state index contributed by atoms with van der Waals surface area (Å²) >= 11 is 0. The minimum Gasteiger partial charge on any atom is -0.356 e. The van der Waals surface area contributed by atoms with Crippen LogP contribution in [0.25, 0.3) is 0 Å². The molecule has 2 N–H and O–H groups in total. The molecule has 1 aliphatic rings. The van der Waals surface area contributed by atoms with Crippen LogP contribution < -0.4 is 10.6 Å². The number of aliphatic imine (C=N–C) groups is 1. The number of nitrogens with zero attached hydrogens (tertiary/aromatic N) is 3. The molecule has 1 aliphatic carbocycles. The molecule has 0 radical (unpaired) electrons. The van der Waals surface area contributed by atoms with Gasteiger partial charge >= 0.3 is 0 Å². The molecule has 0 spiro atoms. The predicted molar refractivity (Wildman–Crippen MR) is 87.7 cm³/mol. The molecule has 0 aliphatic heterocycles. The van der Waals surface area contributed by atoms with Gasteiger partial charge in [0, 0.05) is 31.9 Å². The van der Waals surface area contributed by atoms with E-state index in [0.29, 0.717) is 6.04 Å². The molecule has 0 amide bonds. The minimum atomic E-state index is 0.598. The Morgan fingerprint density at radius 1 is 1.33 bits per heavy atom. The number of hydrogen-bond donors (Lipinski definition) is 2. The van der Waals surface area contributed by atoms with Gasteiger partial charge in [-0.15, -0.1) is 0 Å². The summed E-state index contributed by atoms with van der Waals surface area (Å²) in [5, 5.41) is 11.4. The Morgan fingerprint density at radius 2 is 2.10 bits per heavy atom. The van der Waals surface area contributed by atoms with Crippen LogP contribution in [0.4, 0.5) is 0 Å². The summed E-state index contributed by atoms with van der Waals surface area (Å²) in [6, 6.07) is 2.72. The number of guanidine groups is 1. The molecule has 21 heavy (non-hydrogen) atoms. The van der Waals surface area contributed by atoms with Gasteiger partial charge in [0.1, 0.15) is 0 Å². The van der Waals surface area contributed by atoms with E-state index in [4.69, 9.17) is 0 Å². The SMILES string of the molecule is CN=C(NCCCn1nc(C)cc1C)NC1CCCCC1. The Balaban J connectivity index is 1.67. The number of rotatable bonds is 5. The third-order valence-corrected chi connectivity index (χ3v) is 4.11. The van der Waals surface area contributed by atoms with E-state index in [1.54, 1.807) is 0 Å². The Bertz CT molecular complexity index is 457. The van der Waals surface area contributed by atoms with Crippen molar-refractivity contribution in [1.29, 1.82) is 0 Å². The summed E-state index contributed by atoms with van der Waals surface area (Å²) in [4.78, 5) is 4.32. The average Bonchev–Trinajstić information content (AvgIpc) is 2.81.